The molecule has 0 bridgehead atoms. The average molecular weight is 512 g/mol. The molecule has 10 heteroatoms. The predicted molar refractivity (Wildman–Crippen MR) is 137 cm³/mol. The second-order valence-corrected chi connectivity index (χ2v) is 9.88. The molecule has 4 aromatic rings. The zero-order valence-corrected chi connectivity index (χ0v) is 20.2. The number of aromatic carboxylic acids is 1. The first-order chi connectivity index (χ1) is 16.3. The zero-order valence-electron chi connectivity index (χ0n) is 17.8. The number of hydrogen-bond donors (Lipinski definition) is 3. The Labute approximate surface area is 208 Å². The third kappa shape index (κ3) is 5.39. The lowest BCUT2D eigenvalue weighted by molar-refractivity contribution is -0.113. The number of carbonyl (C=O) groups is 3. The summed E-state index contributed by atoms with van der Waals surface area (Å²) in [7, 11) is 0. The summed E-state index contributed by atoms with van der Waals surface area (Å²) in [6, 6.07) is 16.6. The van der Waals surface area contributed by atoms with E-state index in [4.69, 9.17) is 11.6 Å². The minimum atomic E-state index is -1.17. The number of benzene rings is 3. The van der Waals surface area contributed by atoms with Gasteiger partial charge in [-0.25, -0.2) is 9.78 Å². The number of thioether (sulfide) groups is 1. The van der Waals surface area contributed by atoms with Crippen LogP contribution in [-0.2, 0) is 4.79 Å². The molecule has 0 spiro atoms. The molecule has 0 aliphatic heterocycles. The van der Waals surface area contributed by atoms with E-state index in [1.165, 1.54) is 35.2 Å². The molecule has 0 atom stereocenters. The van der Waals surface area contributed by atoms with Crippen LogP contribution in [0.2, 0.25) is 5.02 Å². The van der Waals surface area contributed by atoms with Crippen LogP contribution >= 0.6 is 34.7 Å². The van der Waals surface area contributed by atoms with Crippen molar-refractivity contribution in [3.05, 3.63) is 82.4 Å². The molecule has 1 heterocycles. The number of anilines is 2. The number of hydrogen-bond acceptors (Lipinski definition) is 6. The van der Waals surface area contributed by atoms with Gasteiger partial charge in [0.05, 0.1) is 27.1 Å². The van der Waals surface area contributed by atoms with E-state index in [1.54, 1.807) is 48.5 Å². The van der Waals surface area contributed by atoms with Crippen molar-refractivity contribution in [1.29, 1.82) is 0 Å². The van der Waals surface area contributed by atoms with Crippen LogP contribution in [-0.4, -0.2) is 33.6 Å². The van der Waals surface area contributed by atoms with E-state index in [2.05, 4.69) is 15.6 Å². The van der Waals surface area contributed by atoms with E-state index in [0.717, 1.165) is 15.8 Å². The molecule has 0 saturated heterocycles. The minimum absolute atomic E-state index is 0.0659. The summed E-state index contributed by atoms with van der Waals surface area (Å²) in [5.41, 5.74) is 2.75. The maximum atomic E-state index is 12.6. The Morgan fingerprint density at radius 2 is 1.79 bits per heavy atom. The van der Waals surface area contributed by atoms with Gasteiger partial charge in [-0.1, -0.05) is 41.6 Å². The number of aromatic nitrogens is 1. The van der Waals surface area contributed by atoms with Crippen molar-refractivity contribution in [2.24, 2.45) is 0 Å². The van der Waals surface area contributed by atoms with Crippen molar-refractivity contribution < 1.29 is 19.5 Å². The van der Waals surface area contributed by atoms with Gasteiger partial charge >= 0.3 is 5.97 Å². The lowest BCUT2D eigenvalue weighted by Gasteiger charge is -2.08. The van der Waals surface area contributed by atoms with E-state index in [9.17, 15) is 19.5 Å². The van der Waals surface area contributed by atoms with Crippen molar-refractivity contribution in [1.82, 2.24) is 4.98 Å². The molecule has 0 saturated carbocycles. The average Bonchev–Trinajstić information content (AvgIpc) is 3.23. The van der Waals surface area contributed by atoms with Gasteiger partial charge < -0.3 is 15.7 Å². The van der Waals surface area contributed by atoms with Gasteiger partial charge in [0.2, 0.25) is 5.91 Å². The van der Waals surface area contributed by atoms with Crippen LogP contribution in [0.4, 0.5) is 11.4 Å². The highest BCUT2D eigenvalue weighted by molar-refractivity contribution is 8.01. The lowest BCUT2D eigenvalue weighted by Crippen LogP contribution is -2.16. The number of carbonyl (C=O) groups excluding carboxylic acids is 2. The number of carboxylic acid groups (broad SMARTS) is 1. The molecular formula is C24H18ClN3O4S2. The summed E-state index contributed by atoms with van der Waals surface area (Å²) in [6.45, 7) is 1.84. The summed E-state index contributed by atoms with van der Waals surface area (Å²) in [5, 5.41) is 15.5. The largest absolute Gasteiger partial charge is 0.478 e. The molecule has 0 aliphatic rings. The third-order valence-electron chi connectivity index (χ3n) is 4.90. The fourth-order valence-corrected chi connectivity index (χ4v) is 5.25. The van der Waals surface area contributed by atoms with Crippen LogP contribution < -0.4 is 10.6 Å². The Morgan fingerprint density at radius 3 is 2.56 bits per heavy atom. The van der Waals surface area contributed by atoms with Gasteiger partial charge in [0.15, 0.2) is 4.34 Å². The number of thiazole rings is 1. The van der Waals surface area contributed by atoms with Crippen LogP contribution in [0.3, 0.4) is 0 Å². The van der Waals surface area contributed by atoms with E-state index >= 15 is 0 Å². The predicted octanol–water partition coefficient (Wildman–Crippen LogP) is 5.94. The van der Waals surface area contributed by atoms with Crippen molar-refractivity contribution in [3.63, 3.8) is 0 Å². The third-order valence-corrected chi connectivity index (χ3v) is 7.47. The molecule has 0 unspecified atom stereocenters. The Kier molecular flexibility index (Phi) is 7.16. The summed E-state index contributed by atoms with van der Waals surface area (Å²) in [5.74, 6) is -1.66. The molecule has 0 fully saturated rings. The molecule has 0 aliphatic carbocycles. The first-order valence-corrected chi connectivity index (χ1v) is 12.2. The number of rotatable bonds is 7. The SMILES string of the molecule is Cc1c(Cl)cccc1NC(=O)CSc1nc2ccc(NC(=O)c3ccccc3C(=O)O)cc2s1. The smallest absolute Gasteiger partial charge is 0.336 e. The standard InChI is InChI=1S/C24H18ClN3O4S2/c1-13-17(25)7-4-8-18(13)27-21(29)12-33-24-28-19-10-9-14(11-20(19)34-24)26-22(30)15-5-2-3-6-16(15)23(31)32/h2-11H,12H2,1H3,(H,26,30)(H,27,29)(H,31,32). The van der Waals surface area contributed by atoms with Crippen molar-refractivity contribution in [2.75, 3.05) is 16.4 Å². The Hall–Kier alpha value is -3.40. The molecular weight excluding hydrogens is 494 g/mol. The molecule has 1 aromatic heterocycles. The van der Waals surface area contributed by atoms with Crippen LogP contribution in [0, 0.1) is 6.92 Å². The summed E-state index contributed by atoms with van der Waals surface area (Å²) in [4.78, 5) is 40.9. The molecule has 3 N–H and O–H groups in total. The van der Waals surface area contributed by atoms with Gasteiger partial charge in [-0.05, 0) is 55.0 Å². The second kappa shape index (κ2) is 10.3. The van der Waals surface area contributed by atoms with Crippen molar-refractivity contribution >= 4 is 74.1 Å². The maximum Gasteiger partial charge on any atom is 0.336 e. The molecule has 7 nitrogen and oxygen atoms in total. The Balaban J connectivity index is 1.42. The quantitative estimate of drug-likeness (QED) is 0.265. The number of nitrogens with one attached hydrogen (secondary N) is 2. The van der Waals surface area contributed by atoms with E-state index in [1.807, 2.05) is 6.92 Å². The van der Waals surface area contributed by atoms with Gasteiger partial charge in [-0.3, -0.25) is 9.59 Å². The highest BCUT2D eigenvalue weighted by Crippen LogP contribution is 2.32. The van der Waals surface area contributed by atoms with Crippen LogP contribution in [0.15, 0.2) is 65.0 Å². The first kappa shape index (κ1) is 23.7. The first-order valence-electron chi connectivity index (χ1n) is 10.0. The fraction of sp³-hybridized carbons (Fsp3) is 0.0833. The van der Waals surface area contributed by atoms with E-state index in [0.29, 0.717) is 20.7 Å². The van der Waals surface area contributed by atoms with Crippen LogP contribution in [0.25, 0.3) is 10.2 Å². The molecule has 4 rings (SSSR count). The highest BCUT2D eigenvalue weighted by atomic mass is 35.5. The van der Waals surface area contributed by atoms with Crippen molar-refractivity contribution in [2.45, 2.75) is 11.3 Å². The van der Waals surface area contributed by atoms with Gasteiger partial charge in [0.25, 0.3) is 5.91 Å². The molecule has 3 aromatic carbocycles. The molecule has 2 amide bonds. The van der Waals surface area contributed by atoms with Crippen molar-refractivity contribution in [3.8, 4) is 0 Å². The normalized spacial score (nSPS) is 10.8. The van der Waals surface area contributed by atoms with Crippen LogP contribution in [0.5, 0.6) is 0 Å². The van der Waals surface area contributed by atoms with Gasteiger partial charge in [-0.15, -0.1) is 11.3 Å². The van der Waals surface area contributed by atoms with Gasteiger partial charge in [0, 0.05) is 16.4 Å². The number of carboxylic acids is 1. The molecule has 34 heavy (non-hydrogen) atoms. The topological polar surface area (TPSA) is 108 Å². The van der Waals surface area contributed by atoms with Crippen LogP contribution in [0.1, 0.15) is 26.3 Å². The Morgan fingerprint density at radius 1 is 1.03 bits per heavy atom. The number of fused-ring (bicyclic) bond motifs is 1. The van der Waals surface area contributed by atoms with Gasteiger partial charge in [0.1, 0.15) is 0 Å². The fourth-order valence-electron chi connectivity index (χ4n) is 3.17. The maximum absolute atomic E-state index is 12.6. The lowest BCUT2D eigenvalue weighted by atomic mass is 10.1. The summed E-state index contributed by atoms with van der Waals surface area (Å²) in [6.07, 6.45) is 0. The number of amides is 2. The highest BCUT2D eigenvalue weighted by Gasteiger charge is 2.16. The monoisotopic (exact) mass is 511 g/mol. The second-order valence-electron chi connectivity index (χ2n) is 7.22. The number of nitrogens with zero attached hydrogens (tertiary/aromatic N) is 1. The van der Waals surface area contributed by atoms with Gasteiger partial charge in [-0.2, -0.15) is 0 Å². The molecule has 172 valence electrons. The van der Waals surface area contributed by atoms with E-state index < -0.39 is 11.9 Å². The summed E-state index contributed by atoms with van der Waals surface area (Å²) >= 11 is 8.82. The molecule has 0 radical (unpaired) electrons. The number of halogens is 1. The van der Waals surface area contributed by atoms with E-state index in [-0.39, 0.29) is 22.8 Å². The Bertz CT molecular complexity index is 1420. The summed E-state index contributed by atoms with van der Waals surface area (Å²) < 4.78 is 1.55. The zero-order chi connectivity index (χ0) is 24.2. The minimum Gasteiger partial charge on any atom is -0.478 e.